The summed E-state index contributed by atoms with van der Waals surface area (Å²) >= 11 is 1.56. The fourth-order valence-electron chi connectivity index (χ4n) is 2.21. The lowest BCUT2D eigenvalue weighted by Crippen LogP contribution is -1.97. The SMILES string of the molecule is Fc1cccc(Nc2ncc3cc(-c4nccs4)[c]cc3n2)c1. The first-order chi connectivity index (χ1) is 11.3. The van der Waals surface area contributed by atoms with Gasteiger partial charge in [-0.05, 0) is 36.4 Å². The molecule has 1 radical (unpaired) electrons. The second-order valence-electron chi connectivity index (χ2n) is 4.85. The van der Waals surface area contributed by atoms with Gasteiger partial charge in [-0.25, -0.2) is 19.3 Å². The standard InChI is InChI=1S/C17H10FN4S/c18-13-2-1-3-14(9-13)21-17-20-10-12-8-11(4-5-15(12)22-17)16-19-6-7-23-16/h1-3,5-10H,(H,20,21,22). The van der Waals surface area contributed by atoms with E-state index in [0.717, 1.165) is 21.5 Å². The normalized spacial score (nSPS) is 10.8. The molecule has 0 bridgehead atoms. The molecule has 4 aromatic rings. The second kappa shape index (κ2) is 5.73. The number of hydrogen-bond acceptors (Lipinski definition) is 5. The molecule has 4 rings (SSSR count). The molecule has 0 amide bonds. The van der Waals surface area contributed by atoms with Crippen molar-refractivity contribution in [2.75, 3.05) is 5.32 Å². The van der Waals surface area contributed by atoms with E-state index < -0.39 is 0 Å². The minimum atomic E-state index is -0.308. The van der Waals surface area contributed by atoms with Gasteiger partial charge in [0.15, 0.2) is 0 Å². The summed E-state index contributed by atoms with van der Waals surface area (Å²) in [5.74, 6) is 0.107. The Labute approximate surface area is 135 Å². The van der Waals surface area contributed by atoms with Gasteiger partial charge in [0.2, 0.25) is 5.95 Å². The maximum absolute atomic E-state index is 13.2. The molecule has 0 unspecified atom stereocenters. The molecule has 111 valence electrons. The van der Waals surface area contributed by atoms with Crippen LogP contribution >= 0.6 is 11.3 Å². The van der Waals surface area contributed by atoms with Crippen LogP contribution in [0.4, 0.5) is 16.0 Å². The van der Waals surface area contributed by atoms with Crippen LogP contribution in [0.2, 0.25) is 0 Å². The zero-order valence-corrected chi connectivity index (χ0v) is 12.6. The van der Waals surface area contributed by atoms with Gasteiger partial charge >= 0.3 is 0 Å². The van der Waals surface area contributed by atoms with Gasteiger partial charge in [-0.3, -0.25) is 0 Å². The predicted octanol–water partition coefficient (Wildman–Crippen LogP) is 4.44. The van der Waals surface area contributed by atoms with Gasteiger partial charge < -0.3 is 5.32 Å². The summed E-state index contributed by atoms with van der Waals surface area (Å²) in [6.07, 6.45) is 3.50. The topological polar surface area (TPSA) is 50.7 Å². The molecular weight excluding hydrogens is 311 g/mol. The minimum Gasteiger partial charge on any atom is -0.324 e. The van der Waals surface area contributed by atoms with E-state index in [2.05, 4.69) is 26.3 Å². The van der Waals surface area contributed by atoms with Crippen molar-refractivity contribution < 1.29 is 4.39 Å². The van der Waals surface area contributed by atoms with Crippen molar-refractivity contribution in [1.29, 1.82) is 0 Å². The fourth-order valence-corrected chi connectivity index (χ4v) is 2.83. The molecule has 23 heavy (non-hydrogen) atoms. The number of anilines is 2. The molecule has 4 nitrogen and oxygen atoms in total. The lowest BCUT2D eigenvalue weighted by atomic mass is 10.1. The zero-order valence-electron chi connectivity index (χ0n) is 11.8. The number of rotatable bonds is 3. The number of fused-ring (bicyclic) bond motifs is 1. The number of hydrogen-bond donors (Lipinski definition) is 1. The first kappa shape index (κ1) is 13.8. The van der Waals surface area contributed by atoms with Crippen molar-refractivity contribution in [3.05, 3.63) is 66.1 Å². The Morgan fingerprint density at radius 1 is 1.17 bits per heavy atom. The van der Waals surface area contributed by atoms with E-state index in [-0.39, 0.29) is 5.82 Å². The highest BCUT2D eigenvalue weighted by atomic mass is 32.1. The average Bonchev–Trinajstić information content (AvgIpc) is 3.09. The molecule has 2 aromatic carbocycles. The number of thiazole rings is 1. The summed E-state index contributed by atoms with van der Waals surface area (Å²) in [6.45, 7) is 0. The first-order valence-electron chi connectivity index (χ1n) is 6.89. The Morgan fingerprint density at radius 2 is 2.13 bits per heavy atom. The third-order valence-electron chi connectivity index (χ3n) is 3.26. The molecule has 0 saturated carbocycles. The van der Waals surface area contributed by atoms with E-state index >= 15 is 0 Å². The highest BCUT2D eigenvalue weighted by molar-refractivity contribution is 7.13. The second-order valence-corrected chi connectivity index (χ2v) is 5.75. The maximum Gasteiger partial charge on any atom is 0.227 e. The quantitative estimate of drug-likeness (QED) is 0.606. The van der Waals surface area contributed by atoms with Gasteiger partial charge in [-0.1, -0.05) is 6.07 Å². The van der Waals surface area contributed by atoms with E-state index in [4.69, 9.17) is 0 Å². The highest BCUT2D eigenvalue weighted by Gasteiger charge is 2.05. The van der Waals surface area contributed by atoms with Gasteiger partial charge in [-0.2, -0.15) is 0 Å². The Hall–Kier alpha value is -2.86. The summed E-state index contributed by atoms with van der Waals surface area (Å²) in [6, 6.07) is 13.1. The highest BCUT2D eigenvalue weighted by Crippen LogP contribution is 2.25. The van der Waals surface area contributed by atoms with Crippen LogP contribution in [-0.2, 0) is 0 Å². The van der Waals surface area contributed by atoms with Crippen molar-refractivity contribution >= 4 is 33.9 Å². The van der Waals surface area contributed by atoms with Crippen LogP contribution < -0.4 is 5.32 Å². The first-order valence-corrected chi connectivity index (χ1v) is 7.77. The van der Waals surface area contributed by atoms with Crippen LogP contribution in [0, 0.1) is 11.9 Å². The smallest absolute Gasteiger partial charge is 0.227 e. The summed E-state index contributed by atoms with van der Waals surface area (Å²) in [7, 11) is 0. The number of benzene rings is 2. The maximum atomic E-state index is 13.2. The number of halogens is 1. The lowest BCUT2D eigenvalue weighted by Gasteiger charge is -2.06. The van der Waals surface area contributed by atoms with E-state index in [1.807, 2.05) is 17.5 Å². The lowest BCUT2D eigenvalue weighted by molar-refractivity contribution is 0.628. The van der Waals surface area contributed by atoms with Crippen molar-refractivity contribution in [3.8, 4) is 10.6 Å². The van der Waals surface area contributed by atoms with E-state index in [9.17, 15) is 4.39 Å². The van der Waals surface area contributed by atoms with Crippen LogP contribution in [0.15, 0.2) is 54.2 Å². The van der Waals surface area contributed by atoms with Gasteiger partial charge in [0.25, 0.3) is 0 Å². The molecule has 0 fully saturated rings. The van der Waals surface area contributed by atoms with Crippen molar-refractivity contribution in [2.24, 2.45) is 0 Å². The van der Waals surface area contributed by atoms with Gasteiger partial charge in [0.05, 0.1) is 5.52 Å². The molecule has 1 N–H and O–H groups in total. The third-order valence-corrected chi connectivity index (χ3v) is 4.06. The Balaban J connectivity index is 1.67. The monoisotopic (exact) mass is 321 g/mol. The van der Waals surface area contributed by atoms with Crippen LogP contribution in [-0.4, -0.2) is 15.0 Å². The van der Waals surface area contributed by atoms with Gasteiger partial charge in [-0.15, -0.1) is 11.3 Å². The van der Waals surface area contributed by atoms with Crippen molar-refractivity contribution in [1.82, 2.24) is 15.0 Å². The molecule has 0 atom stereocenters. The molecule has 0 spiro atoms. The molecule has 0 aliphatic carbocycles. The number of aromatic nitrogens is 3. The number of nitrogens with zero attached hydrogens (tertiary/aromatic N) is 3. The minimum absolute atomic E-state index is 0.308. The fraction of sp³-hybridized carbons (Fsp3) is 0. The largest absolute Gasteiger partial charge is 0.324 e. The summed E-state index contributed by atoms with van der Waals surface area (Å²) < 4.78 is 13.2. The average molecular weight is 321 g/mol. The number of nitrogens with one attached hydrogen (secondary N) is 1. The summed E-state index contributed by atoms with van der Waals surface area (Å²) in [5, 5.41) is 6.73. The van der Waals surface area contributed by atoms with E-state index in [1.54, 1.807) is 35.9 Å². The molecule has 0 saturated heterocycles. The van der Waals surface area contributed by atoms with Crippen molar-refractivity contribution in [2.45, 2.75) is 0 Å². The summed E-state index contributed by atoms with van der Waals surface area (Å²) in [4.78, 5) is 13.0. The third kappa shape index (κ3) is 2.89. The summed E-state index contributed by atoms with van der Waals surface area (Å²) in [5.41, 5.74) is 2.29. The van der Waals surface area contributed by atoms with Crippen LogP contribution in [0.3, 0.4) is 0 Å². The Morgan fingerprint density at radius 3 is 2.96 bits per heavy atom. The van der Waals surface area contributed by atoms with Crippen LogP contribution in [0.25, 0.3) is 21.5 Å². The van der Waals surface area contributed by atoms with Crippen LogP contribution in [0.1, 0.15) is 0 Å². The van der Waals surface area contributed by atoms with E-state index in [0.29, 0.717) is 11.6 Å². The zero-order chi connectivity index (χ0) is 15.6. The molecule has 0 aliphatic rings. The van der Waals surface area contributed by atoms with Gasteiger partial charge in [0.1, 0.15) is 10.8 Å². The van der Waals surface area contributed by atoms with Crippen LogP contribution in [0.5, 0.6) is 0 Å². The van der Waals surface area contributed by atoms with Gasteiger partial charge in [0, 0.05) is 34.4 Å². The van der Waals surface area contributed by atoms with Crippen molar-refractivity contribution in [3.63, 3.8) is 0 Å². The predicted molar refractivity (Wildman–Crippen MR) is 89.2 cm³/mol. The Bertz CT molecular complexity index is 969. The molecule has 2 heterocycles. The molecule has 0 aliphatic heterocycles. The Kier molecular flexibility index (Phi) is 3.44. The molecule has 2 aromatic heterocycles. The molecular formula is C17H10FN4S. The van der Waals surface area contributed by atoms with E-state index in [1.165, 1.54) is 12.1 Å². The molecule has 6 heteroatoms.